The van der Waals surface area contributed by atoms with Gasteiger partial charge in [0, 0.05) is 0 Å². The maximum absolute atomic E-state index is 3.63. The van der Waals surface area contributed by atoms with Gasteiger partial charge in [-0.25, -0.2) is 0 Å². The van der Waals surface area contributed by atoms with Crippen LogP contribution in [0.25, 0.3) is 0 Å². The summed E-state index contributed by atoms with van der Waals surface area (Å²) in [6, 6.07) is 75.7. The van der Waals surface area contributed by atoms with E-state index in [1.807, 2.05) is 0 Å². The molecule has 1 unspecified atom stereocenters. The molecule has 1 heteroatoms. The lowest BCUT2D eigenvalue weighted by Gasteiger charge is -2.46. The molecule has 1 atom stereocenters. The van der Waals surface area contributed by atoms with Crippen LogP contribution in [0.2, 0.25) is 0 Å². The Balaban J connectivity index is 1.50. The van der Waals surface area contributed by atoms with Gasteiger partial charge in [0.05, 0.1) is 0 Å². The highest BCUT2D eigenvalue weighted by Crippen LogP contribution is 2.45. The fourth-order valence-electron chi connectivity index (χ4n) is 13.5. The van der Waals surface area contributed by atoms with Crippen LogP contribution >= 0.6 is 0 Å². The Morgan fingerprint density at radius 2 is 0.539 bits per heavy atom. The molecule has 9 aromatic rings. The minimum Gasteiger partial charge on any atom is -0.0636 e. The largest absolute Gasteiger partial charge is 0.178 e. The summed E-state index contributed by atoms with van der Waals surface area (Å²) in [6.45, 7) is 25.0. The first-order valence-corrected chi connectivity index (χ1v) is 29.8. The average Bonchev–Trinajstić information content (AvgIpc) is 3.73. The molecule has 0 nitrogen and oxygen atoms in total. The van der Waals surface area contributed by atoms with Gasteiger partial charge in [-0.05, 0) is 228 Å². The fourth-order valence-corrected chi connectivity index (χ4v) is 21.0. The molecule has 0 fully saturated rings. The van der Waals surface area contributed by atoms with Crippen LogP contribution in [-0.4, -0.2) is 8.07 Å². The Kier molecular flexibility index (Phi) is 15.4. The van der Waals surface area contributed by atoms with Crippen molar-refractivity contribution in [2.75, 3.05) is 0 Å². The van der Waals surface area contributed by atoms with Gasteiger partial charge in [0.2, 0.25) is 0 Å². The molecule has 0 spiro atoms. The predicted octanol–water partition coefficient (Wildman–Crippen LogP) is 16.4. The summed E-state index contributed by atoms with van der Waals surface area (Å²) in [5.74, 6) is 0.206. The monoisotopic (exact) mass is 1000 g/mol. The standard InChI is InChI=1S/C75H76Si/c1-50-41-66(44-60-29-17-11-18-30-60)57(8)73(69(50)47-63-35-23-14-24-36-63)76(72-55(6)53(4)54(5)56(72)7,74-58(9)67(45-61-31-19-12-20-32-61)42-51(2)70(74)48-64-37-25-15-26-38-64)75-59(10)68(46-62-33-21-13-22-34-62)43-52(3)71(75)49-65-39-27-16-28-40-65/h11-43,55H,44-49H2,1-10H3. The summed E-state index contributed by atoms with van der Waals surface area (Å²) in [5.41, 5.74) is 29.8. The Hall–Kier alpha value is -7.32. The Morgan fingerprint density at radius 3 is 0.763 bits per heavy atom. The van der Waals surface area contributed by atoms with Gasteiger partial charge in [0.25, 0.3) is 0 Å². The molecule has 0 radical (unpaired) electrons. The van der Waals surface area contributed by atoms with Crippen molar-refractivity contribution in [3.05, 3.63) is 322 Å². The first-order valence-electron chi connectivity index (χ1n) is 27.8. The van der Waals surface area contributed by atoms with Crippen LogP contribution in [0.1, 0.15) is 128 Å². The molecule has 0 amide bonds. The zero-order valence-corrected chi connectivity index (χ0v) is 47.9. The zero-order valence-electron chi connectivity index (χ0n) is 46.9. The van der Waals surface area contributed by atoms with Crippen LogP contribution in [-0.2, 0) is 38.5 Å². The summed E-state index contributed by atoms with van der Waals surface area (Å²) in [7, 11) is -3.63. The van der Waals surface area contributed by atoms with Gasteiger partial charge in [-0.2, -0.15) is 0 Å². The van der Waals surface area contributed by atoms with Gasteiger partial charge in [0.15, 0.2) is 8.07 Å². The average molecular weight is 1010 g/mol. The lowest BCUT2D eigenvalue weighted by molar-refractivity contribution is 0.850. The smallest absolute Gasteiger partial charge is 0.0636 e. The molecule has 9 aromatic carbocycles. The van der Waals surface area contributed by atoms with Crippen molar-refractivity contribution < 1.29 is 0 Å². The number of hydrogen-bond acceptors (Lipinski definition) is 0. The van der Waals surface area contributed by atoms with E-state index in [0.717, 1.165) is 38.5 Å². The van der Waals surface area contributed by atoms with Crippen LogP contribution in [0, 0.1) is 47.5 Å². The molecule has 0 saturated carbocycles. The molecule has 0 aliphatic heterocycles. The fraction of sp³-hybridized carbons (Fsp3) is 0.227. The van der Waals surface area contributed by atoms with E-state index in [1.54, 1.807) is 20.8 Å². The van der Waals surface area contributed by atoms with Gasteiger partial charge in [0.1, 0.15) is 0 Å². The molecule has 0 heterocycles. The molecule has 1 aliphatic rings. The number of benzene rings is 9. The molecular weight excluding hydrogens is 929 g/mol. The summed E-state index contributed by atoms with van der Waals surface area (Å²) in [4.78, 5) is 0. The highest BCUT2D eigenvalue weighted by atomic mass is 28.3. The third-order valence-electron chi connectivity index (χ3n) is 17.6. The lowest BCUT2D eigenvalue weighted by Crippen LogP contribution is -2.74. The first-order chi connectivity index (χ1) is 36.8. The summed E-state index contributed by atoms with van der Waals surface area (Å²) >= 11 is 0. The third kappa shape index (κ3) is 10.1. The second-order valence-corrected chi connectivity index (χ2v) is 25.8. The van der Waals surface area contributed by atoms with Crippen molar-refractivity contribution in [2.24, 2.45) is 5.92 Å². The molecule has 76 heavy (non-hydrogen) atoms. The Labute approximate surface area is 457 Å². The van der Waals surface area contributed by atoms with Gasteiger partial charge >= 0.3 is 0 Å². The summed E-state index contributed by atoms with van der Waals surface area (Å²) < 4.78 is 0. The molecular formula is C75H76Si. The number of allylic oxidation sites excluding steroid dienone is 4. The predicted molar refractivity (Wildman–Crippen MR) is 328 cm³/mol. The quantitative estimate of drug-likeness (QED) is 0.0668. The molecule has 0 saturated heterocycles. The normalized spacial score (nSPS) is 13.7. The molecule has 0 bridgehead atoms. The van der Waals surface area contributed by atoms with Crippen molar-refractivity contribution in [1.29, 1.82) is 0 Å². The zero-order chi connectivity index (χ0) is 53.1. The van der Waals surface area contributed by atoms with Gasteiger partial charge in [-0.3, -0.25) is 0 Å². The topological polar surface area (TPSA) is 0 Å². The van der Waals surface area contributed by atoms with Gasteiger partial charge < -0.3 is 0 Å². The van der Waals surface area contributed by atoms with E-state index in [-0.39, 0.29) is 5.92 Å². The molecule has 10 rings (SSSR count). The van der Waals surface area contributed by atoms with Crippen molar-refractivity contribution in [3.63, 3.8) is 0 Å². The van der Waals surface area contributed by atoms with E-state index < -0.39 is 8.07 Å². The van der Waals surface area contributed by atoms with E-state index in [4.69, 9.17) is 0 Å². The minimum atomic E-state index is -3.63. The summed E-state index contributed by atoms with van der Waals surface area (Å²) in [5, 5.41) is 6.48. The number of aryl methyl sites for hydroxylation is 3. The Bertz CT molecular complexity index is 3240. The van der Waals surface area contributed by atoms with E-state index in [1.165, 1.54) is 117 Å². The van der Waals surface area contributed by atoms with Gasteiger partial charge in [-0.1, -0.05) is 223 Å². The van der Waals surface area contributed by atoms with Crippen LogP contribution in [0.15, 0.2) is 222 Å². The second-order valence-electron chi connectivity index (χ2n) is 22.3. The Morgan fingerprint density at radius 1 is 0.303 bits per heavy atom. The SMILES string of the molecule is CC1=C(C)C(C)C([Si](c2c(C)c(Cc3ccccc3)cc(C)c2Cc2ccccc2)(c2c(C)c(Cc3ccccc3)cc(C)c2Cc2ccccc2)c2c(C)c(Cc3ccccc3)cc(C)c2Cc2ccccc2)=C1C. The van der Waals surface area contributed by atoms with Crippen LogP contribution in [0.5, 0.6) is 0 Å². The molecule has 0 aromatic heterocycles. The van der Waals surface area contributed by atoms with E-state index >= 15 is 0 Å². The highest BCUT2D eigenvalue weighted by molar-refractivity contribution is 7.17. The minimum absolute atomic E-state index is 0.206. The van der Waals surface area contributed by atoms with Crippen molar-refractivity contribution >= 4 is 23.6 Å². The molecule has 1 aliphatic carbocycles. The van der Waals surface area contributed by atoms with Crippen molar-refractivity contribution in [3.8, 4) is 0 Å². The maximum Gasteiger partial charge on any atom is 0.178 e. The summed E-state index contributed by atoms with van der Waals surface area (Å²) in [6.07, 6.45) is 5.15. The van der Waals surface area contributed by atoms with Gasteiger partial charge in [-0.15, -0.1) is 0 Å². The highest BCUT2D eigenvalue weighted by Gasteiger charge is 2.54. The third-order valence-corrected chi connectivity index (χ3v) is 23.5. The van der Waals surface area contributed by atoms with Crippen LogP contribution in [0.4, 0.5) is 0 Å². The molecule has 0 N–H and O–H groups in total. The van der Waals surface area contributed by atoms with E-state index in [2.05, 4.69) is 269 Å². The van der Waals surface area contributed by atoms with E-state index in [9.17, 15) is 0 Å². The lowest BCUT2D eigenvalue weighted by atomic mass is 9.91. The first kappa shape index (κ1) is 52.1. The van der Waals surface area contributed by atoms with Crippen molar-refractivity contribution in [2.45, 2.75) is 108 Å². The van der Waals surface area contributed by atoms with Crippen LogP contribution < -0.4 is 15.6 Å². The maximum atomic E-state index is 2.58. The van der Waals surface area contributed by atoms with E-state index in [0.29, 0.717) is 0 Å². The number of hydrogen-bond donors (Lipinski definition) is 0. The van der Waals surface area contributed by atoms with Crippen LogP contribution in [0.3, 0.4) is 0 Å². The molecule has 380 valence electrons. The second kappa shape index (κ2) is 22.5. The van der Waals surface area contributed by atoms with Crippen molar-refractivity contribution in [1.82, 2.24) is 0 Å². The number of rotatable bonds is 16.